The van der Waals surface area contributed by atoms with Gasteiger partial charge in [0, 0.05) is 6.54 Å². The Morgan fingerprint density at radius 2 is 1.72 bits per heavy atom. The molecule has 18 heavy (non-hydrogen) atoms. The van der Waals surface area contributed by atoms with Crippen molar-refractivity contribution in [1.29, 1.82) is 0 Å². The van der Waals surface area contributed by atoms with Gasteiger partial charge >= 0.3 is 0 Å². The van der Waals surface area contributed by atoms with Crippen LogP contribution in [0.15, 0.2) is 48.5 Å². The van der Waals surface area contributed by atoms with Gasteiger partial charge in [0.15, 0.2) is 0 Å². The molecule has 94 valence electrons. The number of rotatable bonds is 5. The van der Waals surface area contributed by atoms with Gasteiger partial charge in [-0.3, -0.25) is 0 Å². The van der Waals surface area contributed by atoms with Crippen molar-refractivity contribution in [2.45, 2.75) is 0 Å². The summed E-state index contributed by atoms with van der Waals surface area (Å²) in [6.45, 7) is 1.22. The van der Waals surface area contributed by atoms with E-state index in [0.29, 0.717) is 23.2 Å². The smallest absolute Gasteiger partial charge is 0.119 e. The number of hydrogen-bond donors (Lipinski definition) is 1. The Labute approximate surface area is 116 Å². The van der Waals surface area contributed by atoms with Crippen molar-refractivity contribution in [3.63, 3.8) is 0 Å². The van der Waals surface area contributed by atoms with E-state index in [1.807, 2.05) is 42.5 Å². The molecule has 0 aliphatic carbocycles. The first-order valence-electron chi connectivity index (χ1n) is 5.63. The summed E-state index contributed by atoms with van der Waals surface area (Å²) in [5, 5.41) is 4.27. The van der Waals surface area contributed by atoms with Gasteiger partial charge in [0.2, 0.25) is 0 Å². The molecule has 0 fully saturated rings. The van der Waals surface area contributed by atoms with E-state index >= 15 is 0 Å². The zero-order valence-electron chi connectivity index (χ0n) is 9.70. The summed E-state index contributed by atoms with van der Waals surface area (Å²) >= 11 is 12.0. The molecule has 0 spiro atoms. The number of nitrogens with one attached hydrogen (secondary N) is 1. The normalized spacial score (nSPS) is 10.1. The Morgan fingerprint density at radius 3 is 2.50 bits per heavy atom. The first-order chi connectivity index (χ1) is 8.77. The van der Waals surface area contributed by atoms with E-state index in [-0.39, 0.29) is 0 Å². The lowest BCUT2D eigenvalue weighted by atomic mass is 10.3. The number of anilines is 1. The molecule has 0 saturated carbocycles. The van der Waals surface area contributed by atoms with Crippen LogP contribution in [0.4, 0.5) is 5.69 Å². The van der Waals surface area contributed by atoms with Crippen LogP contribution in [-0.4, -0.2) is 13.2 Å². The van der Waals surface area contributed by atoms with E-state index in [4.69, 9.17) is 27.9 Å². The average molecular weight is 282 g/mol. The molecule has 0 aliphatic heterocycles. The molecule has 0 aliphatic rings. The standard InChI is InChI=1S/C14H13Cl2NO/c15-12-7-4-8-13(14(12)16)17-9-10-18-11-5-2-1-3-6-11/h1-8,17H,9-10H2. The second-order valence-corrected chi connectivity index (χ2v) is 4.47. The molecule has 0 radical (unpaired) electrons. The monoisotopic (exact) mass is 281 g/mol. The number of halogens is 2. The number of para-hydroxylation sites is 1. The molecule has 4 heteroatoms. The van der Waals surface area contributed by atoms with Gasteiger partial charge in [-0.1, -0.05) is 47.5 Å². The van der Waals surface area contributed by atoms with Gasteiger partial charge in [-0.2, -0.15) is 0 Å². The molecule has 0 aromatic heterocycles. The Kier molecular flexibility index (Phi) is 4.73. The van der Waals surface area contributed by atoms with Crippen LogP contribution in [0.25, 0.3) is 0 Å². The minimum Gasteiger partial charge on any atom is -0.492 e. The lowest BCUT2D eigenvalue weighted by molar-refractivity contribution is 0.333. The Balaban J connectivity index is 1.81. The van der Waals surface area contributed by atoms with Crippen LogP contribution in [0, 0.1) is 0 Å². The zero-order valence-corrected chi connectivity index (χ0v) is 11.2. The fourth-order valence-corrected chi connectivity index (χ4v) is 1.88. The van der Waals surface area contributed by atoms with E-state index < -0.39 is 0 Å². The minimum absolute atomic E-state index is 0.541. The Hall–Kier alpha value is -1.38. The van der Waals surface area contributed by atoms with Crippen LogP contribution in [0.3, 0.4) is 0 Å². The van der Waals surface area contributed by atoms with Crippen LogP contribution in [0.5, 0.6) is 5.75 Å². The molecule has 0 bridgehead atoms. The van der Waals surface area contributed by atoms with E-state index in [2.05, 4.69) is 5.32 Å². The largest absolute Gasteiger partial charge is 0.492 e. The van der Waals surface area contributed by atoms with Crippen molar-refractivity contribution in [3.05, 3.63) is 58.6 Å². The number of hydrogen-bond acceptors (Lipinski definition) is 2. The summed E-state index contributed by atoms with van der Waals surface area (Å²) in [4.78, 5) is 0. The fraction of sp³-hybridized carbons (Fsp3) is 0.143. The maximum atomic E-state index is 6.05. The molecule has 2 aromatic rings. The maximum absolute atomic E-state index is 6.05. The van der Waals surface area contributed by atoms with Gasteiger partial charge in [-0.05, 0) is 24.3 Å². The summed E-state index contributed by atoms with van der Waals surface area (Å²) in [7, 11) is 0. The van der Waals surface area contributed by atoms with Gasteiger partial charge in [-0.15, -0.1) is 0 Å². The summed E-state index contributed by atoms with van der Waals surface area (Å²) in [5.74, 6) is 0.858. The molecule has 0 atom stereocenters. The Bertz CT molecular complexity index is 502. The lowest BCUT2D eigenvalue weighted by Gasteiger charge is -2.10. The van der Waals surface area contributed by atoms with Gasteiger partial charge in [0.05, 0.1) is 15.7 Å². The predicted molar refractivity (Wildman–Crippen MR) is 76.9 cm³/mol. The van der Waals surface area contributed by atoms with Crippen LogP contribution < -0.4 is 10.1 Å². The quantitative estimate of drug-likeness (QED) is 0.816. The van der Waals surface area contributed by atoms with Gasteiger partial charge in [-0.25, -0.2) is 0 Å². The first kappa shape index (κ1) is 13.1. The average Bonchev–Trinajstić information content (AvgIpc) is 2.40. The van der Waals surface area contributed by atoms with Crippen LogP contribution in [0.1, 0.15) is 0 Å². The molecule has 2 aromatic carbocycles. The third-order valence-corrected chi connectivity index (χ3v) is 3.20. The topological polar surface area (TPSA) is 21.3 Å². The van der Waals surface area contributed by atoms with E-state index in [0.717, 1.165) is 11.4 Å². The van der Waals surface area contributed by atoms with Crippen molar-refractivity contribution < 1.29 is 4.74 Å². The van der Waals surface area contributed by atoms with Crippen molar-refractivity contribution in [2.75, 3.05) is 18.5 Å². The predicted octanol–water partition coefficient (Wildman–Crippen LogP) is 4.48. The van der Waals surface area contributed by atoms with Crippen LogP contribution >= 0.6 is 23.2 Å². The summed E-state index contributed by atoms with van der Waals surface area (Å²) in [6, 6.07) is 15.2. The van der Waals surface area contributed by atoms with Crippen LogP contribution in [0.2, 0.25) is 10.0 Å². The van der Waals surface area contributed by atoms with E-state index in [1.165, 1.54) is 0 Å². The SMILES string of the molecule is Clc1cccc(NCCOc2ccccc2)c1Cl. The molecule has 0 heterocycles. The summed E-state index contributed by atoms with van der Waals surface area (Å²) in [5.41, 5.74) is 0.820. The van der Waals surface area contributed by atoms with E-state index in [1.54, 1.807) is 6.07 Å². The van der Waals surface area contributed by atoms with Gasteiger partial charge in [0.25, 0.3) is 0 Å². The van der Waals surface area contributed by atoms with E-state index in [9.17, 15) is 0 Å². The van der Waals surface area contributed by atoms with Gasteiger partial charge in [0.1, 0.15) is 12.4 Å². The third kappa shape index (κ3) is 3.56. The van der Waals surface area contributed by atoms with Crippen molar-refractivity contribution in [3.8, 4) is 5.75 Å². The number of benzene rings is 2. The molecule has 0 unspecified atom stereocenters. The second-order valence-electron chi connectivity index (χ2n) is 3.69. The fourth-order valence-electron chi connectivity index (χ4n) is 1.51. The molecule has 2 nitrogen and oxygen atoms in total. The highest BCUT2D eigenvalue weighted by atomic mass is 35.5. The van der Waals surface area contributed by atoms with Crippen molar-refractivity contribution in [2.24, 2.45) is 0 Å². The highest BCUT2D eigenvalue weighted by Crippen LogP contribution is 2.29. The molecule has 0 amide bonds. The number of ether oxygens (including phenoxy) is 1. The highest BCUT2D eigenvalue weighted by Gasteiger charge is 2.02. The molecular weight excluding hydrogens is 269 g/mol. The zero-order chi connectivity index (χ0) is 12.8. The summed E-state index contributed by atoms with van der Waals surface area (Å²) < 4.78 is 5.56. The van der Waals surface area contributed by atoms with Crippen molar-refractivity contribution in [1.82, 2.24) is 0 Å². The Morgan fingerprint density at radius 1 is 0.944 bits per heavy atom. The summed E-state index contributed by atoms with van der Waals surface area (Å²) in [6.07, 6.45) is 0. The van der Waals surface area contributed by atoms with Crippen molar-refractivity contribution >= 4 is 28.9 Å². The molecule has 2 rings (SSSR count). The molecule has 1 N–H and O–H groups in total. The third-order valence-electron chi connectivity index (χ3n) is 2.38. The lowest BCUT2D eigenvalue weighted by Crippen LogP contribution is -2.11. The molecular formula is C14H13Cl2NO. The first-order valence-corrected chi connectivity index (χ1v) is 6.38. The minimum atomic E-state index is 0.541. The molecule has 0 saturated heterocycles. The second kappa shape index (κ2) is 6.53. The van der Waals surface area contributed by atoms with Gasteiger partial charge < -0.3 is 10.1 Å². The maximum Gasteiger partial charge on any atom is 0.119 e. The highest BCUT2D eigenvalue weighted by molar-refractivity contribution is 6.43. The van der Waals surface area contributed by atoms with Crippen LogP contribution in [-0.2, 0) is 0 Å².